The lowest BCUT2D eigenvalue weighted by Gasteiger charge is -2.08. The number of rotatable bonds is 6. The molecule has 160 valence electrons. The second-order valence-corrected chi connectivity index (χ2v) is 8.81. The number of hydrogen-bond donors (Lipinski definition) is 1. The molecule has 8 heteroatoms. The number of carbonyl (C=O) groups is 1. The maximum atomic E-state index is 12.7. The maximum Gasteiger partial charge on any atom is 0.339 e. The lowest BCUT2D eigenvalue weighted by Crippen LogP contribution is -2.17. The summed E-state index contributed by atoms with van der Waals surface area (Å²) in [5.74, 6) is -0.268. The third-order valence-corrected chi connectivity index (χ3v) is 6.05. The van der Waals surface area contributed by atoms with Crippen LogP contribution in [-0.4, -0.2) is 20.5 Å². The molecule has 1 N–H and O–H groups in total. The SMILES string of the molecule is O=C(N/N=C\c1cccc(OS(=O)(=O)c2ccc3ccccc3c2)c1)c1ccc(Cl)cc1. The van der Waals surface area contributed by atoms with Gasteiger partial charge in [0.25, 0.3) is 5.91 Å². The Morgan fingerprint density at radius 1 is 0.875 bits per heavy atom. The van der Waals surface area contributed by atoms with Crippen LogP contribution in [0.4, 0.5) is 0 Å². The van der Waals surface area contributed by atoms with Crippen molar-refractivity contribution in [1.29, 1.82) is 0 Å². The minimum atomic E-state index is -4.02. The van der Waals surface area contributed by atoms with Gasteiger partial charge in [0.1, 0.15) is 10.6 Å². The summed E-state index contributed by atoms with van der Waals surface area (Å²) < 4.78 is 30.7. The minimum absolute atomic E-state index is 0.0606. The first-order chi connectivity index (χ1) is 15.4. The third-order valence-electron chi connectivity index (χ3n) is 4.56. The number of amides is 1. The van der Waals surface area contributed by atoms with Crippen LogP contribution in [0.2, 0.25) is 5.02 Å². The van der Waals surface area contributed by atoms with Crippen molar-refractivity contribution < 1.29 is 17.4 Å². The summed E-state index contributed by atoms with van der Waals surface area (Å²) in [5.41, 5.74) is 3.36. The highest BCUT2D eigenvalue weighted by atomic mass is 35.5. The molecule has 1 amide bonds. The van der Waals surface area contributed by atoms with Gasteiger partial charge in [0.05, 0.1) is 6.21 Å². The zero-order valence-electron chi connectivity index (χ0n) is 16.6. The molecule has 0 atom stereocenters. The quantitative estimate of drug-likeness (QED) is 0.246. The normalized spacial score (nSPS) is 11.5. The van der Waals surface area contributed by atoms with E-state index in [2.05, 4.69) is 10.5 Å². The van der Waals surface area contributed by atoms with E-state index in [1.165, 1.54) is 24.4 Å². The average Bonchev–Trinajstić information content (AvgIpc) is 2.79. The van der Waals surface area contributed by atoms with Crippen molar-refractivity contribution in [2.45, 2.75) is 4.90 Å². The van der Waals surface area contributed by atoms with Crippen molar-refractivity contribution >= 4 is 44.6 Å². The van der Waals surface area contributed by atoms with E-state index in [4.69, 9.17) is 15.8 Å². The monoisotopic (exact) mass is 464 g/mol. The molecule has 32 heavy (non-hydrogen) atoms. The van der Waals surface area contributed by atoms with Crippen LogP contribution in [0, 0.1) is 0 Å². The van der Waals surface area contributed by atoms with Crippen LogP contribution in [0.15, 0.2) is 101 Å². The lowest BCUT2D eigenvalue weighted by molar-refractivity contribution is 0.0955. The number of benzene rings is 4. The van der Waals surface area contributed by atoms with Gasteiger partial charge in [-0.05, 0) is 64.9 Å². The Balaban J connectivity index is 1.46. The van der Waals surface area contributed by atoms with Gasteiger partial charge in [-0.3, -0.25) is 4.79 Å². The Hall–Kier alpha value is -3.68. The molecule has 6 nitrogen and oxygen atoms in total. The van der Waals surface area contributed by atoms with E-state index in [0.29, 0.717) is 16.1 Å². The van der Waals surface area contributed by atoms with Crippen LogP contribution in [0.3, 0.4) is 0 Å². The molecule has 0 saturated heterocycles. The molecule has 0 fully saturated rings. The minimum Gasteiger partial charge on any atom is -0.379 e. The maximum absolute atomic E-state index is 12.7. The van der Waals surface area contributed by atoms with E-state index < -0.39 is 16.0 Å². The first-order valence-corrected chi connectivity index (χ1v) is 11.3. The van der Waals surface area contributed by atoms with E-state index in [-0.39, 0.29) is 10.6 Å². The van der Waals surface area contributed by atoms with Crippen LogP contribution in [0.1, 0.15) is 15.9 Å². The molecule has 0 unspecified atom stereocenters. The summed E-state index contributed by atoms with van der Waals surface area (Å²) in [4.78, 5) is 12.1. The van der Waals surface area contributed by atoms with E-state index in [0.717, 1.165) is 10.8 Å². The van der Waals surface area contributed by atoms with Gasteiger partial charge in [-0.2, -0.15) is 13.5 Å². The van der Waals surface area contributed by atoms with E-state index >= 15 is 0 Å². The summed E-state index contributed by atoms with van der Waals surface area (Å²) in [6, 6.07) is 25.0. The highest BCUT2D eigenvalue weighted by molar-refractivity contribution is 7.87. The molecule has 0 aliphatic carbocycles. The third kappa shape index (κ3) is 5.14. The van der Waals surface area contributed by atoms with Crippen molar-refractivity contribution in [1.82, 2.24) is 5.43 Å². The van der Waals surface area contributed by atoms with Crippen LogP contribution >= 0.6 is 11.6 Å². The molecule has 4 aromatic carbocycles. The van der Waals surface area contributed by atoms with Gasteiger partial charge in [-0.25, -0.2) is 5.43 Å². The zero-order chi connectivity index (χ0) is 22.6. The van der Waals surface area contributed by atoms with E-state index in [1.54, 1.807) is 48.5 Å². The average molecular weight is 465 g/mol. The van der Waals surface area contributed by atoms with Crippen molar-refractivity contribution in [2.24, 2.45) is 5.10 Å². The number of hydrogen-bond acceptors (Lipinski definition) is 5. The second kappa shape index (κ2) is 9.21. The molecule has 0 spiro atoms. The van der Waals surface area contributed by atoms with Gasteiger partial charge < -0.3 is 4.18 Å². The van der Waals surface area contributed by atoms with Crippen molar-refractivity contribution in [3.63, 3.8) is 0 Å². The number of halogens is 1. The fraction of sp³-hybridized carbons (Fsp3) is 0. The van der Waals surface area contributed by atoms with E-state index in [1.807, 2.05) is 24.3 Å². The number of carbonyl (C=O) groups excluding carboxylic acids is 1. The Morgan fingerprint density at radius 2 is 1.62 bits per heavy atom. The molecule has 4 rings (SSSR count). The van der Waals surface area contributed by atoms with Gasteiger partial charge in [-0.1, -0.05) is 54.1 Å². The Morgan fingerprint density at radius 3 is 2.41 bits per heavy atom. The summed E-state index contributed by atoms with van der Waals surface area (Å²) in [6.07, 6.45) is 1.39. The van der Waals surface area contributed by atoms with Crippen molar-refractivity contribution in [3.05, 3.63) is 107 Å². The molecule has 0 aliphatic heterocycles. The first-order valence-electron chi connectivity index (χ1n) is 9.53. The van der Waals surface area contributed by atoms with Crippen LogP contribution in [0.5, 0.6) is 5.75 Å². The Kier molecular flexibility index (Phi) is 6.20. The lowest BCUT2D eigenvalue weighted by atomic mass is 10.1. The largest absolute Gasteiger partial charge is 0.379 e. The summed E-state index contributed by atoms with van der Waals surface area (Å²) >= 11 is 5.81. The van der Waals surface area contributed by atoms with Crippen molar-refractivity contribution in [3.8, 4) is 5.75 Å². The predicted molar refractivity (Wildman–Crippen MR) is 125 cm³/mol. The number of fused-ring (bicyclic) bond motifs is 1. The molecule has 0 aromatic heterocycles. The Labute approximate surface area is 190 Å². The highest BCUT2D eigenvalue weighted by Crippen LogP contribution is 2.23. The zero-order valence-corrected chi connectivity index (χ0v) is 18.2. The van der Waals surface area contributed by atoms with Gasteiger partial charge in [0.15, 0.2) is 0 Å². The first kappa shape index (κ1) is 21.5. The number of nitrogens with zero attached hydrogens (tertiary/aromatic N) is 1. The fourth-order valence-electron chi connectivity index (χ4n) is 2.98. The van der Waals surface area contributed by atoms with E-state index in [9.17, 15) is 13.2 Å². The molecular weight excluding hydrogens is 448 g/mol. The van der Waals surface area contributed by atoms with Gasteiger partial charge in [0.2, 0.25) is 0 Å². The highest BCUT2D eigenvalue weighted by Gasteiger charge is 2.17. The van der Waals surface area contributed by atoms with Gasteiger partial charge >= 0.3 is 10.1 Å². The molecule has 0 heterocycles. The summed E-state index contributed by atoms with van der Waals surface area (Å²) in [6.45, 7) is 0. The molecule has 0 radical (unpaired) electrons. The number of hydrazone groups is 1. The number of nitrogens with one attached hydrogen (secondary N) is 1. The molecular formula is C24H17ClN2O4S. The molecule has 0 aliphatic rings. The smallest absolute Gasteiger partial charge is 0.339 e. The summed E-state index contributed by atoms with van der Waals surface area (Å²) in [5, 5.41) is 6.17. The molecule has 0 bridgehead atoms. The predicted octanol–water partition coefficient (Wildman–Crippen LogP) is 5.02. The summed E-state index contributed by atoms with van der Waals surface area (Å²) in [7, 11) is -4.02. The van der Waals surface area contributed by atoms with Crippen LogP contribution in [0.25, 0.3) is 10.8 Å². The standard InChI is InChI=1S/C24H17ClN2O4S/c25-21-11-8-19(9-12-21)24(28)27-26-16-17-4-3-7-22(14-17)31-32(29,30)23-13-10-18-5-1-2-6-20(18)15-23/h1-16H,(H,27,28)/b26-16-. The molecule has 0 saturated carbocycles. The fourth-order valence-corrected chi connectivity index (χ4v) is 4.06. The Bertz CT molecular complexity index is 1420. The van der Waals surface area contributed by atoms with Gasteiger partial charge in [0, 0.05) is 10.6 Å². The molecule has 4 aromatic rings. The van der Waals surface area contributed by atoms with Crippen LogP contribution < -0.4 is 9.61 Å². The van der Waals surface area contributed by atoms with Gasteiger partial charge in [-0.15, -0.1) is 0 Å². The topological polar surface area (TPSA) is 84.8 Å². The second-order valence-electron chi connectivity index (χ2n) is 6.82. The van der Waals surface area contributed by atoms with Crippen molar-refractivity contribution in [2.75, 3.05) is 0 Å². The van der Waals surface area contributed by atoms with Crippen LogP contribution in [-0.2, 0) is 10.1 Å².